The molecule has 0 spiro atoms. The number of carbonyl (C=O) groups is 2. The summed E-state index contributed by atoms with van der Waals surface area (Å²) in [5.41, 5.74) is 4.69. The third kappa shape index (κ3) is 3.41. The molecule has 1 saturated heterocycles. The maximum Gasteiger partial charge on any atom is 0.282 e. The van der Waals surface area contributed by atoms with Crippen LogP contribution in [0.3, 0.4) is 0 Å². The van der Waals surface area contributed by atoms with E-state index in [0.717, 1.165) is 49.0 Å². The van der Waals surface area contributed by atoms with Gasteiger partial charge < -0.3 is 9.64 Å². The Morgan fingerprint density at radius 3 is 2.14 bits per heavy atom. The normalized spacial score (nSPS) is 17.3. The topological polar surface area (TPSA) is 49.9 Å². The van der Waals surface area contributed by atoms with Crippen molar-refractivity contribution in [1.29, 1.82) is 0 Å². The molecule has 0 atom stereocenters. The standard InChI is InChI=1S/C24H26N2O3/c1-16-7-8-18(15-17(16)2)21-22(25-13-5-4-6-14-25)24(28)26(23(21)27)19-9-11-20(29-3)12-10-19/h7-12,15H,4-6,13-14H2,1-3H3. The highest BCUT2D eigenvalue weighted by atomic mass is 16.5. The monoisotopic (exact) mass is 390 g/mol. The lowest BCUT2D eigenvalue weighted by Crippen LogP contribution is -2.37. The van der Waals surface area contributed by atoms with Crippen LogP contribution in [0.25, 0.3) is 5.57 Å². The SMILES string of the molecule is COc1ccc(N2C(=O)C(c3ccc(C)c(C)c3)=C(N3CCCCC3)C2=O)cc1. The summed E-state index contributed by atoms with van der Waals surface area (Å²) in [6.07, 6.45) is 3.23. The third-order valence-electron chi connectivity index (χ3n) is 5.86. The predicted molar refractivity (Wildman–Crippen MR) is 114 cm³/mol. The van der Waals surface area contributed by atoms with Gasteiger partial charge in [0.25, 0.3) is 11.8 Å². The van der Waals surface area contributed by atoms with Gasteiger partial charge in [0.1, 0.15) is 11.4 Å². The minimum atomic E-state index is -0.260. The van der Waals surface area contributed by atoms with Crippen molar-refractivity contribution in [3.05, 3.63) is 64.9 Å². The summed E-state index contributed by atoms with van der Waals surface area (Å²) in [7, 11) is 1.59. The summed E-state index contributed by atoms with van der Waals surface area (Å²) in [4.78, 5) is 30.4. The number of aryl methyl sites for hydroxylation is 2. The van der Waals surface area contributed by atoms with Gasteiger partial charge >= 0.3 is 0 Å². The van der Waals surface area contributed by atoms with Gasteiger partial charge in [0.15, 0.2) is 0 Å². The third-order valence-corrected chi connectivity index (χ3v) is 5.86. The summed E-state index contributed by atoms with van der Waals surface area (Å²) in [6, 6.07) is 13.0. The van der Waals surface area contributed by atoms with E-state index in [2.05, 4.69) is 4.90 Å². The minimum Gasteiger partial charge on any atom is -0.497 e. The van der Waals surface area contributed by atoms with Crippen LogP contribution < -0.4 is 9.64 Å². The van der Waals surface area contributed by atoms with E-state index in [4.69, 9.17) is 4.74 Å². The Hall–Kier alpha value is -3.08. The van der Waals surface area contributed by atoms with E-state index in [9.17, 15) is 9.59 Å². The second kappa shape index (κ2) is 7.74. The molecule has 2 aromatic carbocycles. The molecule has 2 heterocycles. The zero-order valence-electron chi connectivity index (χ0n) is 17.2. The van der Waals surface area contributed by atoms with Crippen molar-refractivity contribution in [2.75, 3.05) is 25.1 Å². The van der Waals surface area contributed by atoms with Gasteiger partial charge in [-0.3, -0.25) is 9.59 Å². The van der Waals surface area contributed by atoms with Crippen molar-refractivity contribution < 1.29 is 14.3 Å². The van der Waals surface area contributed by atoms with E-state index in [1.54, 1.807) is 31.4 Å². The number of anilines is 1. The van der Waals surface area contributed by atoms with Crippen LogP contribution in [0.4, 0.5) is 5.69 Å². The van der Waals surface area contributed by atoms with Crippen molar-refractivity contribution in [3.63, 3.8) is 0 Å². The summed E-state index contributed by atoms with van der Waals surface area (Å²) in [5.74, 6) is 0.186. The highest BCUT2D eigenvalue weighted by Crippen LogP contribution is 2.36. The molecule has 0 bridgehead atoms. The molecular formula is C24H26N2O3. The Morgan fingerprint density at radius 2 is 1.52 bits per heavy atom. The first-order valence-electron chi connectivity index (χ1n) is 10.1. The summed E-state index contributed by atoms with van der Waals surface area (Å²) < 4.78 is 5.21. The number of piperidine rings is 1. The van der Waals surface area contributed by atoms with Crippen LogP contribution in [0.1, 0.15) is 36.0 Å². The fraction of sp³-hybridized carbons (Fsp3) is 0.333. The summed E-state index contributed by atoms with van der Waals surface area (Å²) >= 11 is 0. The number of imide groups is 1. The summed E-state index contributed by atoms with van der Waals surface area (Å²) in [6.45, 7) is 5.69. The minimum absolute atomic E-state index is 0.240. The van der Waals surface area contributed by atoms with Gasteiger partial charge in [-0.1, -0.05) is 18.2 Å². The average Bonchev–Trinajstić information content (AvgIpc) is 3.01. The van der Waals surface area contributed by atoms with Crippen LogP contribution in [0.5, 0.6) is 5.75 Å². The molecule has 29 heavy (non-hydrogen) atoms. The molecule has 0 saturated carbocycles. The molecule has 2 amide bonds. The van der Waals surface area contributed by atoms with Gasteiger partial charge in [-0.2, -0.15) is 0 Å². The average molecular weight is 390 g/mol. The van der Waals surface area contributed by atoms with E-state index < -0.39 is 0 Å². The number of carbonyl (C=O) groups excluding carboxylic acids is 2. The zero-order valence-corrected chi connectivity index (χ0v) is 17.2. The van der Waals surface area contributed by atoms with Gasteiger partial charge in [0.05, 0.1) is 18.4 Å². The zero-order chi connectivity index (χ0) is 20.5. The molecule has 2 aliphatic rings. The van der Waals surface area contributed by atoms with Crippen molar-refractivity contribution in [1.82, 2.24) is 4.90 Å². The van der Waals surface area contributed by atoms with Crippen molar-refractivity contribution >= 4 is 23.1 Å². The maximum absolute atomic E-state index is 13.5. The second-order valence-electron chi connectivity index (χ2n) is 7.71. The van der Waals surface area contributed by atoms with E-state index in [1.165, 1.54) is 4.90 Å². The largest absolute Gasteiger partial charge is 0.497 e. The van der Waals surface area contributed by atoms with Crippen LogP contribution in [0.15, 0.2) is 48.2 Å². The first-order chi connectivity index (χ1) is 14.0. The molecule has 2 aliphatic heterocycles. The number of likely N-dealkylation sites (tertiary alicyclic amines) is 1. The van der Waals surface area contributed by atoms with E-state index in [1.807, 2.05) is 32.0 Å². The van der Waals surface area contributed by atoms with Gasteiger partial charge in [-0.05, 0) is 74.1 Å². The molecule has 5 heteroatoms. The first-order valence-corrected chi connectivity index (χ1v) is 10.1. The van der Waals surface area contributed by atoms with Crippen LogP contribution in [0, 0.1) is 13.8 Å². The van der Waals surface area contributed by atoms with E-state index in [0.29, 0.717) is 22.7 Å². The second-order valence-corrected chi connectivity index (χ2v) is 7.71. The highest BCUT2D eigenvalue weighted by Gasteiger charge is 2.42. The van der Waals surface area contributed by atoms with Crippen LogP contribution >= 0.6 is 0 Å². The molecule has 0 aromatic heterocycles. The molecule has 0 aliphatic carbocycles. The van der Waals surface area contributed by atoms with Gasteiger partial charge in [0.2, 0.25) is 0 Å². The number of amides is 2. The number of methoxy groups -OCH3 is 1. The predicted octanol–water partition coefficient (Wildman–Crippen LogP) is 4.08. The Kier molecular flexibility index (Phi) is 5.14. The quantitative estimate of drug-likeness (QED) is 0.738. The molecule has 4 rings (SSSR count). The molecule has 1 fully saturated rings. The van der Waals surface area contributed by atoms with E-state index >= 15 is 0 Å². The van der Waals surface area contributed by atoms with Crippen LogP contribution in [-0.4, -0.2) is 36.9 Å². The number of rotatable bonds is 4. The first kappa shape index (κ1) is 19.2. The Morgan fingerprint density at radius 1 is 0.828 bits per heavy atom. The lowest BCUT2D eigenvalue weighted by Gasteiger charge is -2.29. The van der Waals surface area contributed by atoms with Gasteiger partial charge in [0, 0.05) is 13.1 Å². The number of nitrogens with zero attached hydrogens (tertiary/aromatic N) is 2. The number of hydrogen-bond acceptors (Lipinski definition) is 4. The van der Waals surface area contributed by atoms with Crippen LogP contribution in [0.2, 0.25) is 0 Å². The lowest BCUT2D eigenvalue weighted by atomic mass is 9.98. The van der Waals surface area contributed by atoms with Crippen molar-refractivity contribution in [2.24, 2.45) is 0 Å². The lowest BCUT2D eigenvalue weighted by molar-refractivity contribution is -0.120. The Balaban J connectivity index is 1.81. The Bertz CT molecular complexity index is 986. The van der Waals surface area contributed by atoms with Crippen LogP contribution in [-0.2, 0) is 9.59 Å². The molecule has 150 valence electrons. The Labute approximate surface area is 171 Å². The number of hydrogen-bond donors (Lipinski definition) is 0. The van der Waals surface area contributed by atoms with Gasteiger partial charge in [-0.25, -0.2) is 4.90 Å². The van der Waals surface area contributed by atoms with Crippen molar-refractivity contribution in [3.8, 4) is 5.75 Å². The molecule has 0 unspecified atom stereocenters. The van der Waals surface area contributed by atoms with E-state index in [-0.39, 0.29) is 11.8 Å². The van der Waals surface area contributed by atoms with Crippen molar-refractivity contribution in [2.45, 2.75) is 33.1 Å². The smallest absolute Gasteiger partial charge is 0.282 e. The van der Waals surface area contributed by atoms with Gasteiger partial charge in [-0.15, -0.1) is 0 Å². The molecular weight excluding hydrogens is 364 g/mol. The molecule has 0 N–H and O–H groups in total. The number of benzene rings is 2. The maximum atomic E-state index is 13.5. The fourth-order valence-electron chi connectivity index (χ4n) is 4.05. The fourth-order valence-corrected chi connectivity index (χ4v) is 4.05. The highest BCUT2D eigenvalue weighted by molar-refractivity contribution is 6.45. The molecule has 2 aromatic rings. The molecule has 0 radical (unpaired) electrons. The number of ether oxygens (including phenoxy) is 1. The summed E-state index contributed by atoms with van der Waals surface area (Å²) in [5, 5.41) is 0. The molecule has 5 nitrogen and oxygen atoms in total.